The Balaban J connectivity index is 1.63. The van der Waals surface area contributed by atoms with Crippen molar-refractivity contribution in [1.82, 2.24) is 0 Å². The average Bonchev–Trinajstić information content (AvgIpc) is 2.90. The van der Waals surface area contributed by atoms with Gasteiger partial charge >= 0.3 is 0 Å². The SMILES string of the molecule is CN1C(=CC(=O)c2cccc(Oc3ccccc3)c2)C(C)(C)c2ccccc21. The van der Waals surface area contributed by atoms with E-state index >= 15 is 0 Å². The van der Waals surface area contributed by atoms with Crippen molar-refractivity contribution in [3.63, 3.8) is 0 Å². The lowest BCUT2D eigenvalue weighted by atomic mass is 9.83. The smallest absolute Gasteiger partial charge is 0.187 e. The van der Waals surface area contributed by atoms with E-state index in [9.17, 15) is 4.79 Å². The molecule has 0 atom stereocenters. The van der Waals surface area contributed by atoms with Gasteiger partial charge in [-0.1, -0.05) is 62.4 Å². The van der Waals surface area contributed by atoms with E-state index in [0.717, 1.165) is 17.1 Å². The number of rotatable bonds is 4. The van der Waals surface area contributed by atoms with Crippen molar-refractivity contribution in [1.29, 1.82) is 0 Å². The fourth-order valence-corrected chi connectivity index (χ4v) is 3.80. The van der Waals surface area contributed by atoms with Gasteiger partial charge < -0.3 is 9.64 Å². The molecule has 0 spiro atoms. The van der Waals surface area contributed by atoms with Crippen LogP contribution < -0.4 is 9.64 Å². The Morgan fingerprint density at radius 3 is 2.32 bits per heavy atom. The molecule has 0 bridgehead atoms. The number of fused-ring (bicyclic) bond motifs is 1. The van der Waals surface area contributed by atoms with Gasteiger partial charge in [-0.2, -0.15) is 0 Å². The predicted molar refractivity (Wildman–Crippen MR) is 113 cm³/mol. The Bertz CT molecular complexity index is 1050. The molecule has 0 N–H and O–H groups in total. The quantitative estimate of drug-likeness (QED) is 0.419. The topological polar surface area (TPSA) is 29.5 Å². The number of nitrogens with zero attached hydrogens (tertiary/aromatic N) is 1. The molecule has 0 amide bonds. The van der Waals surface area contributed by atoms with Crippen LogP contribution in [0.3, 0.4) is 0 Å². The molecule has 1 aliphatic heterocycles. The average molecular weight is 369 g/mol. The molecular formula is C25H23NO2. The zero-order valence-corrected chi connectivity index (χ0v) is 16.3. The first-order valence-electron chi connectivity index (χ1n) is 9.39. The summed E-state index contributed by atoms with van der Waals surface area (Å²) in [6, 6.07) is 25.2. The summed E-state index contributed by atoms with van der Waals surface area (Å²) >= 11 is 0. The molecule has 3 heteroatoms. The number of para-hydroxylation sites is 2. The normalized spacial score (nSPS) is 16.1. The third kappa shape index (κ3) is 3.20. The van der Waals surface area contributed by atoms with E-state index in [1.165, 1.54) is 5.56 Å². The van der Waals surface area contributed by atoms with Gasteiger partial charge in [0.1, 0.15) is 11.5 Å². The number of hydrogen-bond donors (Lipinski definition) is 0. The van der Waals surface area contributed by atoms with Gasteiger partial charge in [-0.05, 0) is 35.9 Å². The lowest BCUT2D eigenvalue weighted by Crippen LogP contribution is -2.24. The van der Waals surface area contributed by atoms with Crippen LogP contribution in [-0.4, -0.2) is 12.8 Å². The second kappa shape index (κ2) is 7.01. The fourth-order valence-electron chi connectivity index (χ4n) is 3.80. The zero-order chi connectivity index (χ0) is 19.7. The van der Waals surface area contributed by atoms with Crippen LogP contribution in [0.1, 0.15) is 29.8 Å². The summed E-state index contributed by atoms with van der Waals surface area (Å²) in [6.07, 6.45) is 1.75. The first kappa shape index (κ1) is 18.1. The van der Waals surface area contributed by atoms with E-state index < -0.39 is 0 Å². The van der Waals surface area contributed by atoms with Crippen molar-refractivity contribution in [2.45, 2.75) is 19.3 Å². The van der Waals surface area contributed by atoms with Crippen LogP contribution in [-0.2, 0) is 5.41 Å². The molecule has 0 radical (unpaired) electrons. The van der Waals surface area contributed by atoms with Gasteiger partial charge in [-0.25, -0.2) is 0 Å². The minimum atomic E-state index is -0.223. The first-order valence-corrected chi connectivity index (χ1v) is 9.39. The molecule has 1 heterocycles. The largest absolute Gasteiger partial charge is 0.457 e. The molecule has 3 nitrogen and oxygen atoms in total. The summed E-state index contributed by atoms with van der Waals surface area (Å²) < 4.78 is 5.87. The maximum atomic E-state index is 13.0. The van der Waals surface area contributed by atoms with Crippen molar-refractivity contribution < 1.29 is 9.53 Å². The van der Waals surface area contributed by atoms with Crippen LogP contribution in [0, 0.1) is 0 Å². The molecule has 140 valence electrons. The molecule has 3 aromatic carbocycles. The lowest BCUT2D eigenvalue weighted by Gasteiger charge is -2.24. The third-order valence-corrected chi connectivity index (χ3v) is 5.31. The van der Waals surface area contributed by atoms with Gasteiger partial charge in [0.05, 0.1) is 0 Å². The summed E-state index contributed by atoms with van der Waals surface area (Å²) in [6.45, 7) is 4.31. The number of carbonyl (C=O) groups excluding carboxylic acids is 1. The van der Waals surface area contributed by atoms with E-state index in [0.29, 0.717) is 11.3 Å². The van der Waals surface area contributed by atoms with Gasteiger partial charge in [0.15, 0.2) is 5.78 Å². The van der Waals surface area contributed by atoms with Gasteiger partial charge in [0, 0.05) is 35.5 Å². The summed E-state index contributed by atoms with van der Waals surface area (Å²) in [5.74, 6) is 1.37. The predicted octanol–water partition coefficient (Wildman–Crippen LogP) is 5.97. The van der Waals surface area contributed by atoms with Crippen LogP contribution in [0.2, 0.25) is 0 Å². The summed E-state index contributed by atoms with van der Waals surface area (Å²) in [5, 5.41) is 0. The highest BCUT2D eigenvalue weighted by Gasteiger charge is 2.38. The van der Waals surface area contributed by atoms with Crippen LogP contribution in [0.4, 0.5) is 5.69 Å². The highest BCUT2D eigenvalue weighted by Crippen LogP contribution is 2.46. The van der Waals surface area contributed by atoms with Gasteiger partial charge in [0.2, 0.25) is 0 Å². The molecule has 0 aliphatic carbocycles. The summed E-state index contributed by atoms with van der Waals surface area (Å²) in [4.78, 5) is 15.1. The Hall–Kier alpha value is -3.33. The van der Waals surface area contributed by atoms with E-state index in [4.69, 9.17) is 4.74 Å². The monoisotopic (exact) mass is 369 g/mol. The number of likely N-dealkylation sites (N-methyl/N-ethyl adjacent to an activating group) is 1. The number of allylic oxidation sites excluding steroid dienone is 2. The van der Waals surface area contributed by atoms with Crippen molar-refractivity contribution in [2.75, 3.05) is 11.9 Å². The molecule has 0 aromatic heterocycles. The molecule has 0 fully saturated rings. The maximum absolute atomic E-state index is 13.0. The lowest BCUT2D eigenvalue weighted by molar-refractivity contribution is 0.104. The standard InChI is InChI=1S/C25H23NO2/c1-25(2)21-14-7-8-15-22(21)26(3)24(25)17-23(27)18-10-9-13-20(16-18)28-19-11-5-4-6-12-19/h4-17H,1-3H3. The zero-order valence-electron chi connectivity index (χ0n) is 16.3. The second-order valence-corrected chi connectivity index (χ2v) is 7.54. The second-order valence-electron chi connectivity index (χ2n) is 7.54. The van der Waals surface area contributed by atoms with E-state index in [1.807, 2.05) is 67.7 Å². The van der Waals surface area contributed by atoms with Crippen molar-refractivity contribution in [3.05, 3.63) is 102 Å². The van der Waals surface area contributed by atoms with Gasteiger partial charge in [-0.15, -0.1) is 0 Å². The maximum Gasteiger partial charge on any atom is 0.187 e. The fraction of sp³-hybridized carbons (Fsp3) is 0.160. The number of ether oxygens (including phenoxy) is 1. The van der Waals surface area contributed by atoms with Gasteiger partial charge in [0.25, 0.3) is 0 Å². The highest BCUT2D eigenvalue weighted by atomic mass is 16.5. The minimum Gasteiger partial charge on any atom is -0.457 e. The van der Waals surface area contributed by atoms with Crippen molar-refractivity contribution in [3.8, 4) is 11.5 Å². The first-order chi connectivity index (χ1) is 13.5. The number of benzene rings is 3. The van der Waals surface area contributed by atoms with Crippen LogP contribution in [0.5, 0.6) is 11.5 Å². The number of ketones is 1. The number of anilines is 1. The van der Waals surface area contributed by atoms with Crippen LogP contribution >= 0.6 is 0 Å². The summed E-state index contributed by atoms with van der Waals surface area (Å²) in [7, 11) is 2.02. The highest BCUT2D eigenvalue weighted by molar-refractivity contribution is 6.06. The Morgan fingerprint density at radius 2 is 1.57 bits per heavy atom. The Kier molecular flexibility index (Phi) is 4.52. The Morgan fingerprint density at radius 1 is 0.893 bits per heavy atom. The molecular weight excluding hydrogens is 346 g/mol. The molecule has 0 saturated heterocycles. The number of hydrogen-bond acceptors (Lipinski definition) is 3. The molecule has 1 aliphatic rings. The van der Waals surface area contributed by atoms with E-state index in [-0.39, 0.29) is 11.2 Å². The minimum absolute atomic E-state index is 0.0266. The molecule has 0 saturated carbocycles. The number of carbonyl (C=O) groups is 1. The van der Waals surface area contributed by atoms with E-state index in [1.54, 1.807) is 12.1 Å². The third-order valence-electron chi connectivity index (χ3n) is 5.31. The van der Waals surface area contributed by atoms with Crippen molar-refractivity contribution in [2.24, 2.45) is 0 Å². The van der Waals surface area contributed by atoms with Crippen LogP contribution in [0.25, 0.3) is 0 Å². The van der Waals surface area contributed by atoms with Crippen LogP contribution in [0.15, 0.2) is 90.6 Å². The molecule has 3 aromatic rings. The van der Waals surface area contributed by atoms with Gasteiger partial charge in [-0.3, -0.25) is 4.79 Å². The molecule has 0 unspecified atom stereocenters. The van der Waals surface area contributed by atoms with E-state index in [2.05, 4.69) is 30.9 Å². The molecule has 28 heavy (non-hydrogen) atoms. The Labute approximate surface area is 165 Å². The van der Waals surface area contributed by atoms with Crippen molar-refractivity contribution >= 4 is 11.5 Å². The summed E-state index contributed by atoms with van der Waals surface area (Å²) in [5.41, 5.74) is 3.76. The molecule has 4 rings (SSSR count).